The molecule has 0 radical (unpaired) electrons. The molecule has 0 atom stereocenters. The summed E-state index contributed by atoms with van der Waals surface area (Å²) < 4.78 is 10.8. The zero-order valence-electron chi connectivity index (χ0n) is 9.04. The van der Waals surface area contributed by atoms with Gasteiger partial charge in [-0.05, 0) is 23.3 Å². The van der Waals surface area contributed by atoms with Crippen molar-refractivity contribution >= 4 is 8.60 Å². The van der Waals surface area contributed by atoms with E-state index < -0.39 is 8.60 Å². The molecule has 0 fully saturated rings. The topological polar surface area (TPSA) is 38.7 Å². The van der Waals surface area contributed by atoms with Crippen molar-refractivity contribution in [1.29, 1.82) is 0 Å². The van der Waals surface area contributed by atoms with Crippen LogP contribution < -0.4 is 9.05 Å². The van der Waals surface area contributed by atoms with E-state index in [0.717, 1.165) is 17.5 Å². The normalized spacial score (nSPS) is 14.6. The molecule has 0 bridgehead atoms. The quantitative estimate of drug-likeness (QED) is 0.725. The van der Waals surface area contributed by atoms with Crippen molar-refractivity contribution in [3.8, 4) is 11.5 Å². The van der Waals surface area contributed by atoms with Crippen molar-refractivity contribution in [3.63, 3.8) is 0 Å². The van der Waals surface area contributed by atoms with Crippen LogP contribution in [0.25, 0.3) is 0 Å². The Hall–Kier alpha value is -1.57. The summed E-state index contributed by atoms with van der Waals surface area (Å²) in [6.45, 7) is 0. The highest BCUT2D eigenvalue weighted by Crippen LogP contribution is 2.42. The zero-order valence-corrected chi connectivity index (χ0v) is 9.93. The molecule has 3 rings (SSSR count). The molecule has 4 heteroatoms. The zero-order chi connectivity index (χ0) is 11.7. The van der Waals surface area contributed by atoms with E-state index in [1.165, 1.54) is 0 Å². The van der Waals surface area contributed by atoms with Crippen molar-refractivity contribution in [1.82, 2.24) is 0 Å². The first-order chi connectivity index (χ1) is 8.33. The molecule has 0 unspecified atom stereocenters. The molecule has 1 N–H and O–H groups in total. The fourth-order valence-corrected chi connectivity index (χ4v) is 2.60. The summed E-state index contributed by atoms with van der Waals surface area (Å²) in [6.07, 6.45) is 0.746. The lowest BCUT2D eigenvalue weighted by atomic mass is 10.0. The lowest BCUT2D eigenvalue weighted by molar-refractivity contribution is 0.375. The summed E-state index contributed by atoms with van der Waals surface area (Å²) in [6, 6.07) is 15.4. The number of benzene rings is 2. The third-order valence-corrected chi connectivity index (χ3v) is 3.38. The Morgan fingerprint density at radius 3 is 1.82 bits per heavy atom. The van der Waals surface area contributed by atoms with Gasteiger partial charge in [-0.15, -0.1) is 0 Å². The first-order valence-corrected chi connectivity index (χ1v) is 6.47. The van der Waals surface area contributed by atoms with Crippen molar-refractivity contribution < 1.29 is 13.9 Å². The van der Waals surface area contributed by atoms with Crippen LogP contribution >= 0.6 is 8.60 Å². The van der Waals surface area contributed by atoms with Crippen LogP contribution in [-0.4, -0.2) is 4.89 Å². The molecule has 0 saturated carbocycles. The van der Waals surface area contributed by atoms with Gasteiger partial charge in [-0.3, -0.25) is 0 Å². The van der Waals surface area contributed by atoms with Gasteiger partial charge in [0.15, 0.2) is 0 Å². The summed E-state index contributed by atoms with van der Waals surface area (Å²) in [5, 5.41) is 0. The smallest absolute Gasteiger partial charge is 0.418 e. The highest BCUT2D eigenvalue weighted by atomic mass is 31.2. The molecule has 1 aliphatic rings. The third-order valence-electron chi connectivity index (χ3n) is 2.68. The van der Waals surface area contributed by atoms with Gasteiger partial charge in [-0.25, -0.2) is 0 Å². The second-order valence-electron chi connectivity index (χ2n) is 3.81. The van der Waals surface area contributed by atoms with Gasteiger partial charge < -0.3 is 13.9 Å². The average Bonchev–Trinajstić information content (AvgIpc) is 2.31. The second-order valence-corrected chi connectivity index (χ2v) is 4.65. The van der Waals surface area contributed by atoms with Crippen LogP contribution in [0, 0.1) is 0 Å². The molecule has 0 aliphatic carbocycles. The Balaban J connectivity index is 2.09. The summed E-state index contributed by atoms with van der Waals surface area (Å²) in [5.41, 5.74) is 2.12. The van der Waals surface area contributed by atoms with E-state index in [4.69, 9.17) is 9.05 Å². The summed E-state index contributed by atoms with van der Waals surface area (Å²) >= 11 is 0. The maximum atomic E-state index is 9.73. The molecule has 0 spiro atoms. The molecule has 1 aliphatic heterocycles. The van der Waals surface area contributed by atoms with Gasteiger partial charge in [0.25, 0.3) is 0 Å². The van der Waals surface area contributed by atoms with Crippen molar-refractivity contribution in [2.75, 3.05) is 0 Å². The Morgan fingerprint density at radius 2 is 1.29 bits per heavy atom. The summed E-state index contributed by atoms with van der Waals surface area (Å²) in [7, 11) is -1.91. The van der Waals surface area contributed by atoms with Crippen LogP contribution in [0.15, 0.2) is 48.5 Å². The minimum absolute atomic E-state index is 0.690. The molecule has 2 aromatic rings. The predicted octanol–water partition coefficient (Wildman–Crippen LogP) is 3.27. The summed E-state index contributed by atoms with van der Waals surface area (Å²) in [4.78, 5) is 9.73. The highest BCUT2D eigenvalue weighted by molar-refractivity contribution is 7.41. The molecule has 0 saturated heterocycles. The number of hydrogen-bond acceptors (Lipinski definition) is 3. The van der Waals surface area contributed by atoms with Gasteiger partial charge in [0.1, 0.15) is 11.5 Å². The Morgan fingerprint density at radius 1 is 0.824 bits per heavy atom. The van der Waals surface area contributed by atoms with E-state index in [-0.39, 0.29) is 0 Å². The molecule has 0 aromatic heterocycles. The monoisotopic (exact) mass is 246 g/mol. The van der Waals surface area contributed by atoms with Gasteiger partial charge in [-0.2, -0.15) is 0 Å². The molecule has 3 nitrogen and oxygen atoms in total. The van der Waals surface area contributed by atoms with Gasteiger partial charge in [-0.1, -0.05) is 36.4 Å². The maximum Gasteiger partial charge on any atom is 0.460 e. The van der Waals surface area contributed by atoms with Crippen LogP contribution in [0.2, 0.25) is 0 Å². The molecule has 86 valence electrons. The Labute approximate surface area is 101 Å². The largest absolute Gasteiger partial charge is 0.460 e. The molecular formula is C13H11O3P. The van der Waals surface area contributed by atoms with E-state index in [1.807, 2.05) is 48.5 Å². The predicted molar refractivity (Wildman–Crippen MR) is 66.1 cm³/mol. The minimum Gasteiger partial charge on any atom is -0.418 e. The van der Waals surface area contributed by atoms with Gasteiger partial charge in [0.05, 0.1) is 0 Å². The standard InChI is InChI=1S/C13H11O3P/c14-17-15-12-7-3-1-5-10(12)9-11-6-2-4-8-13(11)16-17/h1-8,14H,9H2. The van der Waals surface area contributed by atoms with Crippen molar-refractivity contribution in [2.24, 2.45) is 0 Å². The SMILES string of the molecule is OP1Oc2ccccc2Cc2ccccc2O1. The van der Waals surface area contributed by atoms with Crippen LogP contribution in [0.5, 0.6) is 11.5 Å². The lowest BCUT2D eigenvalue weighted by Crippen LogP contribution is -2.03. The average molecular weight is 246 g/mol. The van der Waals surface area contributed by atoms with E-state index in [9.17, 15) is 4.89 Å². The van der Waals surface area contributed by atoms with E-state index in [2.05, 4.69) is 0 Å². The van der Waals surface area contributed by atoms with Crippen LogP contribution in [-0.2, 0) is 6.42 Å². The number of rotatable bonds is 0. The van der Waals surface area contributed by atoms with Gasteiger partial charge in [0.2, 0.25) is 0 Å². The first kappa shape index (κ1) is 10.6. The Bertz CT molecular complexity index is 494. The fraction of sp³-hybridized carbons (Fsp3) is 0.0769. The maximum absolute atomic E-state index is 9.73. The van der Waals surface area contributed by atoms with Crippen LogP contribution in [0.1, 0.15) is 11.1 Å². The fourth-order valence-electron chi connectivity index (χ4n) is 1.87. The molecule has 0 amide bonds. The number of para-hydroxylation sites is 2. The lowest BCUT2D eigenvalue weighted by Gasteiger charge is -2.20. The van der Waals surface area contributed by atoms with E-state index >= 15 is 0 Å². The van der Waals surface area contributed by atoms with E-state index in [1.54, 1.807) is 0 Å². The van der Waals surface area contributed by atoms with Crippen LogP contribution in [0.4, 0.5) is 0 Å². The first-order valence-electron chi connectivity index (χ1n) is 5.34. The van der Waals surface area contributed by atoms with Crippen molar-refractivity contribution in [3.05, 3.63) is 59.7 Å². The molecule has 17 heavy (non-hydrogen) atoms. The second kappa shape index (κ2) is 4.36. The summed E-state index contributed by atoms with van der Waals surface area (Å²) in [5.74, 6) is 1.38. The molecule has 2 aromatic carbocycles. The van der Waals surface area contributed by atoms with Gasteiger partial charge >= 0.3 is 8.60 Å². The van der Waals surface area contributed by atoms with Gasteiger partial charge in [0, 0.05) is 6.42 Å². The highest BCUT2D eigenvalue weighted by Gasteiger charge is 2.19. The number of fused-ring (bicyclic) bond motifs is 2. The van der Waals surface area contributed by atoms with E-state index in [0.29, 0.717) is 11.5 Å². The van der Waals surface area contributed by atoms with Crippen LogP contribution in [0.3, 0.4) is 0 Å². The minimum atomic E-state index is -1.91. The third kappa shape index (κ3) is 2.12. The number of hydrogen-bond donors (Lipinski definition) is 1. The molecule has 1 heterocycles. The molecular weight excluding hydrogens is 235 g/mol. The Kier molecular flexibility index (Phi) is 2.71. The van der Waals surface area contributed by atoms with Crippen molar-refractivity contribution in [2.45, 2.75) is 6.42 Å².